The molecule has 7 nitrogen and oxygen atoms in total. The second kappa shape index (κ2) is 5.87. The fourth-order valence-corrected chi connectivity index (χ4v) is 2.71. The summed E-state index contributed by atoms with van der Waals surface area (Å²) in [7, 11) is 1.63. The van der Waals surface area contributed by atoms with Crippen molar-refractivity contribution in [1.29, 1.82) is 0 Å². The summed E-state index contributed by atoms with van der Waals surface area (Å²) in [6, 6.07) is 1.30. The molecule has 116 valence electrons. The number of carboxylic acid groups (broad SMARTS) is 1. The molecule has 1 aliphatic heterocycles. The Balaban J connectivity index is 2.08. The second-order valence-electron chi connectivity index (χ2n) is 5.48. The lowest BCUT2D eigenvalue weighted by Gasteiger charge is -2.24. The third kappa shape index (κ3) is 3.25. The first kappa shape index (κ1) is 15.5. The Bertz CT molecular complexity index is 554. The number of hydrogen-bond donors (Lipinski definition) is 2. The highest BCUT2D eigenvalue weighted by Gasteiger charge is 2.37. The number of furan rings is 1. The maximum atomic E-state index is 12.4. The van der Waals surface area contributed by atoms with Crippen LogP contribution in [0.3, 0.4) is 0 Å². The molecule has 1 aliphatic rings. The van der Waals surface area contributed by atoms with Crippen LogP contribution in [0.2, 0.25) is 0 Å². The average molecular weight is 296 g/mol. The summed E-state index contributed by atoms with van der Waals surface area (Å²) in [5.74, 6) is 0.0508. The van der Waals surface area contributed by atoms with Gasteiger partial charge in [-0.1, -0.05) is 0 Å². The van der Waals surface area contributed by atoms with Gasteiger partial charge in [0.05, 0.1) is 24.3 Å². The van der Waals surface area contributed by atoms with Crippen LogP contribution in [0.25, 0.3) is 0 Å². The summed E-state index contributed by atoms with van der Waals surface area (Å²) < 4.78 is 5.35. The highest BCUT2D eigenvalue weighted by Crippen LogP contribution is 2.21. The van der Waals surface area contributed by atoms with Gasteiger partial charge in [-0.25, -0.2) is 0 Å². The Morgan fingerprint density at radius 3 is 2.62 bits per heavy atom. The van der Waals surface area contributed by atoms with Gasteiger partial charge >= 0.3 is 5.97 Å². The van der Waals surface area contributed by atoms with E-state index in [1.54, 1.807) is 31.9 Å². The molecule has 0 spiro atoms. The number of amides is 1. The lowest BCUT2D eigenvalue weighted by molar-refractivity contribution is -0.138. The van der Waals surface area contributed by atoms with Crippen molar-refractivity contribution in [1.82, 2.24) is 9.80 Å². The molecule has 2 rings (SSSR count). The van der Waals surface area contributed by atoms with E-state index in [4.69, 9.17) is 9.52 Å². The molecule has 0 aromatic carbocycles. The van der Waals surface area contributed by atoms with Gasteiger partial charge < -0.3 is 19.5 Å². The number of hydrogen-bond acceptors (Lipinski definition) is 5. The number of likely N-dealkylation sites (tertiary alicyclic amines) is 1. The smallest absolute Gasteiger partial charge is 0.317 e. The quantitative estimate of drug-likeness (QED) is 0.818. The molecule has 1 saturated heterocycles. The Labute approximate surface area is 122 Å². The van der Waals surface area contributed by atoms with Gasteiger partial charge in [-0.15, -0.1) is 0 Å². The molecule has 1 aromatic rings. The predicted molar refractivity (Wildman–Crippen MR) is 74.1 cm³/mol. The third-order valence-electron chi connectivity index (χ3n) is 3.77. The van der Waals surface area contributed by atoms with Crippen molar-refractivity contribution in [3.8, 4) is 0 Å². The van der Waals surface area contributed by atoms with Crippen LogP contribution >= 0.6 is 0 Å². The summed E-state index contributed by atoms with van der Waals surface area (Å²) in [5, 5.41) is 18.9. The predicted octanol–water partition coefficient (Wildman–Crippen LogP) is 0.0981. The zero-order valence-corrected chi connectivity index (χ0v) is 12.4. The van der Waals surface area contributed by atoms with Crippen LogP contribution in [0, 0.1) is 13.8 Å². The van der Waals surface area contributed by atoms with Crippen molar-refractivity contribution in [3.05, 3.63) is 23.2 Å². The molecule has 0 radical (unpaired) electrons. The zero-order valence-electron chi connectivity index (χ0n) is 12.4. The van der Waals surface area contributed by atoms with E-state index in [0.717, 1.165) is 0 Å². The maximum Gasteiger partial charge on any atom is 0.317 e. The molecule has 1 fully saturated rings. The zero-order chi connectivity index (χ0) is 15.7. The van der Waals surface area contributed by atoms with Crippen LogP contribution < -0.4 is 0 Å². The minimum absolute atomic E-state index is 0.173. The Hall–Kier alpha value is -1.86. The molecule has 0 aliphatic carbocycles. The number of likely N-dealkylation sites (N-methyl/N-ethyl adjacent to an activating group) is 1. The first-order valence-electron chi connectivity index (χ1n) is 6.76. The molecule has 1 unspecified atom stereocenters. The number of aliphatic carboxylic acids is 1. The Kier molecular flexibility index (Phi) is 4.34. The minimum Gasteiger partial charge on any atom is -0.480 e. The molecule has 2 N–H and O–H groups in total. The van der Waals surface area contributed by atoms with Gasteiger partial charge in [-0.3, -0.25) is 14.5 Å². The van der Waals surface area contributed by atoms with Gasteiger partial charge in [0.15, 0.2) is 0 Å². The molecule has 1 aromatic heterocycles. The van der Waals surface area contributed by atoms with E-state index in [1.807, 2.05) is 0 Å². The van der Waals surface area contributed by atoms with Crippen LogP contribution in [0.5, 0.6) is 0 Å². The van der Waals surface area contributed by atoms with Gasteiger partial charge in [-0.2, -0.15) is 0 Å². The van der Waals surface area contributed by atoms with Gasteiger partial charge in [0.2, 0.25) is 0 Å². The molecular weight excluding hydrogens is 276 g/mol. The van der Waals surface area contributed by atoms with Gasteiger partial charge in [0, 0.05) is 13.1 Å². The van der Waals surface area contributed by atoms with Gasteiger partial charge in [-0.05, 0) is 27.0 Å². The number of aryl methyl sites for hydroxylation is 2. The number of nitrogens with zero attached hydrogens (tertiary/aromatic N) is 2. The van der Waals surface area contributed by atoms with E-state index < -0.39 is 12.1 Å². The van der Waals surface area contributed by atoms with Crippen molar-refractivity contribution in [2.24, 2.45) is 0 Å². The highest BCUT2D eigenvalue weighted by molar-refractivity contribution is 5.95. The fourth-order valence-electron chi connectivity index (χ4n) is 2.71. The van der Waals surface area contributed by atoms with E-state index in [1.165, 1.54) is 4.90 Å². The van der Waals surface area contributed by atoms with E-state index in [0.29, 0.717) is 23.6 Å². The van der Waals surface area contributed by atoms with Crippen LogP contribution in [0.4, 0.5) is 0 Å². The van der Waals surface area contributed by atoms with Crippen molar-refractivity contribution in [2.45, 2.75) is 26.0 Å². The SMILES string of the molecule is Cc1cc(C(=O)N2CC(N(C)CC(=O)O)[C@H](O)C2)c(C)o1. The fraction of sp³-hybridized carbons (Fsp3) is 0.571. The maximum absolute atomic E-state index is 12.4. The number of rotatable bonds is 4. The van der Waals surface area contributed by atoms with Gasteiger partial charge in [0.25, 0.3) is 5.91 Å². The van der Waals surface area contributed by atoms with Crippen molar-refractivity contribution in [3.63, 3.8) is 0 Å². The van der Waals surface area contributed by atoms with E-state index in [9.17, 15) is 14.7 Å². The molecule has 7 heteroatoms. The van der Waals surface area contributed by atoms with Crippen LogP contribution in [0.1, 0.15) is 21.9 Å². The van der Waals surface area contributed by atoms with Crippen LogP contribution in [-0.4, -0.2) is 70.7 Å². The third-order valence-corrected chi connectivity index (χ3v) is 3.77. The summed E-state index contributed by atoms with van der Waals surface area (Å²) in [6.45, 7) is 3.81. The number of aliphatic hydroxyl groups excluding tert-OH is 1. The molecular formula is C14H20N2O5. The van der Waals surface area contributed by atoms with E-state index in [2.05, 4.69) is 0 Å². The molecule has 2 atom stereocenters. The number of β-amino-alcohol motifs (C(OH)–C–C–N with tert-alkyl or cyclic N) is 1. The Morgan fingerprint density at radius 2 is 2.10 bits per heavy atom. The van der Waals surface area contributed by atoms with Gasteiger partial charge in [0.1, 0.15) is 11.5 Å². The van der Waals surface area contributed by atoms with Crippen molar-refractivity contribution < 1.29 is 24.2 Å². The standard InChI is InChI=1S/C14H20N2O5/c1-8-4-10(9(2)21-8)14(20)16-5-11(12(17)6-16)15(3)7-13(18)19/h4,11-12,17H,5-7H2,1-3H3,(H,18,19)/t11?,12-/m1/s1. The molecule has 1 amide bonds. The molecule has 0 saturated carbocycles. The van der Waals surface area contributed by atoms with Crippen molar-refractivity contribution >= 4 is 11.9 Å². The molecule has 2 heterocycles. The van der Waals surface area contributed by atoms with E-state index >= 15 is 0 Å². The lowest BCUT2D eigenvalue weighted by Crippen LogP contribution is -2.43. The normalized spacial score (nSPS) is 22.0. The lowest BCUT2D eigenvalue weighted by atomic mass is 10.2. The Morgan fingerprint density at radius 1 is 1.43 bits per heavy atom. The second-order valence-corrected chi connectivity index (χ2v) is 5.48. The summed E-state index contributed by atoms with van der Waals surface area (Å²) >= 11 is 0. The van der Waals surface area contributed by atoms with Crippen LogP contribution in [-0.2, 0) is 4.79 Å². The largest absolute Gasteiger partial charge is 0.480 e. The number of aliphatic hydroxyl groups is 1. The highest BCUT2D eigenvalue weighted by atomic mass is 16.4. The summed E-state index contributed by atoms with van der Waals surface area (Å²) in [6.07, 6.45) is -0.758. The average Bonchev–Trinajstić information content (AvgIpc) is 2.90. The first-order chi connectivity index (χ1) is 9.79. The number of carbonyl (C=O) groups is 2. The number of carbonyl (C=O) groups excluding carboxylic acids is 1. The summed E-state index contributed by atoms with van der Waals surface area (Å²) in [5.41, 5.74) is 0.487. The topological polar surface area (TPSA) is 94.2 Å². The van der Waals surface area contributed by atoms with E-state index in [-0.39, 0.29) is 25.0 Å². The summed E-state index contributed by atoms with van der Waals surface area (Å²) in [4.78, 5) is 26.3. The van der Waals surface area contributed by atoms with Crippen LogP contribution in [0.15, 0.2) is 10.5 Å². The molecule has 0 bridgehead atoms. The van der Waals surface area contributed by atoms with Crippen molar-refractivity contribution in [2.75, 3.05) is 26.7 Å². The monoisotopic (exact) mass is 296 g/mol. The minimum atomic E-state index is -0.962. The first-order valence-corrected chi connectivity index (χ1v) is 6.76. The molecule has 21 heavy (non-hydrogen) atoms. The number of carboxylic acids is 1.